The third kappa shape index (κ3) is 12.5. The molecule has 0 atom stereocenters. The molecule has 269 valence electrons. The number of nitrogens with zero attached hydrogens (tertiary/aromatic N) is 5. The number of carbonyl (C=O) groups is 3. The summed E-state index contributed by atoms with van der Waals surface area (Å²) in [5.74, 6) is 1.33. The average Bonchev–Trinajstić information content (AvgIpc) is 3.15. The first-order chi connectivity index (χ1) is 24.5. The Hall–Kier alpha value is -3.09. The van der Waals surface area contributed by atoms with Crippen molar-refractivity contribution >= 4 is 54.8 Å². The molecule has 5 rings (SSSR count). The predicted molar refractivity (Wildman–Crippen MR) is 210 cm³/mol. The smallest absolute Gasteiger partial charge is 0.354 e. The van der Waals surface area contributed by atoms with Crippen LogP contribution in [0.2, 0.25) is 0 Å². The molecule has 9 nitrogen and oxygen atoms in total. The summed E-state index contributed by atoms with van der Waals surface area (Å²) in [4.78, 5) is 48.5. The van der Waals surface area contributed by atoms with E-state index in [0.717, 1.165) is 91.1 Å². The predicted octanol–water partition coefficient (Wildman–Crippen LogP) is 4.77. The van der Waals surface area contributed by atoms with Crippen molar-refractivity contribution < 1.29 is 34.5 Å². The van der Waals surface area contributed by atoms with Crippen molar-refractivity contribution in [2.45, 2.75) is 19.5 Å². The van der Waals surface area contributed by atoms with E-state index in [4.69, 9.17) is 9.78 Å². The van der Waals surface area contributed by atoms with E-state index in [9.17, 15) is 9.59 Å². The van der Waals surface area contributed by atoms with Gasteiger partial charge in [-0.1, -0.05) is 78.9 Å². The molecule has 1 N–H and O–H groups in total. The molecule has 2 amide bonds. The van der Waals surface area contributed by atoms with Crippen LogP contribution < -0.4 is 5.32 Å². The first kappa shape index (κ1) is 42.3. The van der Waals surface area contributed by atoms with E-state index in [2.05, 4.69) is 75.6 Å². The van der Waals surface area contributed by atoms with E-state index in [1.54, 1.807) is 4.90 Å². The Kier molecular flexibility index (Phi) is 18.9. The van der Waals surface area contributed by atoms with Crippen LogP contribution in [0, 0.1) is 0 Å². The molecule has 3 aromatic carbocycles. The molecule has 0 unspecified atom stereocenters. The van der Waals surface area contributed by atoms with Gasteiger partial charge in [-0.3, -0.25) is 19.4 Å². The number of fused-ring (bicyclic) bond motifs is 1. The van der Waals surface area contributed by atoms with Crippen LogP contribution in [-0.4, -0.2) is 121 Å². The number of para-hydroxylation sites is 1. The first-order valence-corrected chi connectivity index (χ1v) is 18.4. The normalized spacial score (nSPS) is 13.3. The molecule has 0 bridgehead atoms. The Balaban J connectivity index is 0.00000230. The van der Waals surface area contributed by atoms with E-state index in [0.29, 0.717) is 37.6 Å². The van der Waals surface area contributed by atoms with Crippen molar-refractivity contribution in [3.05, 3.63) is 102 Å². The maximum atomic E-state index is 14.2. The maximum absolute atomic E-state index is 14.2. The summed E-state index contributed by atoms with van der Waals surface area (Å²) in [6.45, 7) is 10.5. The number of amides is 2. The van der Waals surface area contributed by atoms with Gasteiger partial charge in [0.2, 0.25) is 5.91 Å². The second-order valence-electron chi connectivity index (χ2n) is 12.4. The summed E-state index contributed by atoms with van der Waals surface area (Å²) in [6, 6.07) is 28.7. The van der Waals surface area contributed by atoms with Crippen molar-refractivity contribution in [3.63, 3.8) is 0 Å². The van der Waals surface area contributed by atoms with Crippen LogP contribution in [0.15, 0.2) is 84.9 Å². The van der Waals surface area contributed by atoms with Gasteiger partial charge in [-0.25, -0.2) is 4.98 Å². The Morgan fingerprint density at radius 1 is 0.843 bits per heavy atom. The maximum Gasteiger partial charge on any atom is 4.00 e. The third-order valence-corrected chi connectivity index (χ3v) is 9.30. The van der Waals surface area contributed by atoms with Gasteiger partial charge in [-0.15, -0.1) is 0 Å². The van der Waals surface area contributed by atoms with Crippen LogP contribution in [0.1, 0.15) is 28.0 Å². The minimum atomic E-state index is -0.0690. The molecule has 1 aliphatic heterocycles. The fourth-order valence-corrected chi connectivity index (χ4v) is 6.80. The molecular weight excluding hydrogens is 764 g/mol. The molecule has 4 aromatic rings. The van der Waals surface area contributed by atoms with Gasteiger partial charge in [-0.05, 0) is 42.3 Å². The second kappa shape index (κ2) is 22.8. The van der Waals surface area contributed by atoms with Gasteiger partial charge in [0.15, 0.2) is 0 Å². The van der Waals surface area contributed by atoms with Crippen molar-refractivity contribution in [1.29, 1.82) is 0 Å². The molecule has 0 aliphatic carbocycles. The van der Waals surface area contributed by atoms with E-state index < -0.39 is 0 Å². The van der Waals surface area contributed by atoms with Gasteiger partial charge in [0, 0.05) is 81.9 Å². The number of pyridine rings is 1. The third-order valence-electron chi connectivity index (χ3n) is 8.88. The molecule has 1 saturated heterocycles. The minimum absolute atomic E-state index is 0. The SMILES string of the molecule is C=O.CN(Cc1ccccc1)C(=O)c1nc2ccccc2c(-c2ccccc2)c1CN1CCN(CCCN(CCS)CC(=O)NCCS)CC1.[99Tc+4]. The molecular formula is C39H50N6O3S2Tc+4. The Morgan fingerprint density at radius 2 is 1.47 bits per heavy atom. The summed E-state index contributed by atoms with van der Waals surface area (Å²) in [5, 5.41) is 3.97. The van der Waals surface area contributed by atoms with Crippen LogP contribution >= 0.6 is 25.3 Å². The number of carbonyl (C=O) groups excluding carboxylic acids is 3. The molecule has 12 heteroatoms. The number of benzene rings is 3. The number of hydrogen-bond donors (Lipinski definition) is 3. The van der Waals surface area contributed by atoms with Gasteiger partial charge >= 0.3 is 20.1 Å². The molecule has 1 aromatic heterocycles. The Morgan fingerprint density at radius 3 is 2.14 bits per heavy atom. The number of thiol groups is 2. The molecule has 0 saturated carbocycles. The van der Waals surface area contributed by atoms with Crippen LogP contribution in [0.4, 0.5) is 0 Å². The van der Waals surface area contributed by atoms with E-state index in [1.165, 1.54) is 0 Å². The zero-order chi connectivity index (χ0) is 35.7. The van der Waals surface area contributed by atoms with Crippen LogP contribution in [0.5, 0.6) is 0 Å². The largest absolute Gasteiger partial charge is 4.00 e. The number of rotatable bonds is 16. The molecule has 2 heterocycles. The average molecular weight is 814 g/mol. The number of piperazine rings is 1. The number of hydrogen-bond acceptors (Lipinski definition) is 9. The van der Waals surface area contributed by atoms with Crippen LogP contribution in [0.3, 0.4) is 0 Å². The summed E-state index contributed by atoms with van der Waals surface area (Å²) in [7, 11) is 1.86. The summed E-state index contributed by atoms with van der Waals surface area (Å²) >= 11 is 8.58. The molecule has 1 aliphatic rings. The van der Waals surface area contributed by atoms with Gasteiger partial charge < -0.3 is 19.9 Å². The van der Waals surface area contributed by atoms with Crippen molar-refractivity contribution in [2.24, 2.45) is 0 Å². The van der Waals surface area contributed by atoms with Gasteiger partial charge in [0.25, 0.3) is 5.91 Å². The van der Waals surface area contributed by atoms with E-state index in [1.807, 2.05) is 68.4 Å². The fourth-order valence-electron chi connectivity index (χ4n) is 6.40. The first-order valence-electron chi connectivity index (χ1n) is 17.2. The van der Waals surface area contributed by atoms with E-state index in [-0.39, 0.29) is 31.9 Å². The monoisotopic (exact) mass is 813 g/mol. The van der Waals surface area contributed by atoms with E-state index >= 15 is 0 Å². The quantitative estimate of drug-likeness (QED) is 0.141. The molecule has 1 radical (unpaired) electrons. The fraction of sp³-hybridized carbons (Fsp3) is 0.385. The molecule has 0 spiro atoms. The van der Waals surface area contributed by atoms with Crippen LogP contribution in [0.25, 0.3) is 22.0 Å². The Bertz CT molecular complexity index is 1640. The summed E-state index contributed by atoms with van der Waals surface area (Å²) in [5.41, 5.74) is 5.60. The number of nitrogens with one attached hydrogen (secondary N) is 1. The van der Waals surface area contributed by atoms with Crippen molar-refractivity contribution in [2.75, 3.05) is 77.5 Å². The number of aromatic nitrogens is 1. The second-order valence-corrected chi connectivity index (χ2v) is 13.3. The minimum Gasteiger partial charge on any atom is -0.354 e. The Labute approximate surface area is 327 Å². The molecule has 1 fully saturated rings. The van der Waals surface area contributed by atoms with Crippen molar-refractivity contribution in [1.82, 2.24) is 29.9 Å². The van der Waals surface area contributed by atoms with Gasteiger partial charge in [0.05, 0.1) is 12.1 Å². The van der Waals surface area contributed by atoms with Gasteiger partial charge in [-0.2, -0.15) is 25.3 Å². The topological polar surface area (TPSA) is 89.1 Å². The molecule has 51 heavy (non-hydrogen) atoms. The van der Waals surface area contributed by atoms with Gasteiger partial charge in [0.1, 0.15) is 12.5 Å². The zero-order valence-electron chi connectivity index (χ0n) is 29.4. The summed E-state index contributed by atoms with van der Waals surface area (Å²) < 4.78 is 0. The summed E-state index contributed by atoms with van der Waals surface area (Å²) in [6.07, 6.45) is 0.993. The van der Waals surface area contributed by atoms with Crippen molar-refractivity contribution in [3.8, 4) is 11.1 Å². The zero-order valence-corrected chi connectivity index (χ0v) is 33.1. The van der Waals surface area contributed by atoms with Crippen LogP contribution in [-0.2, 0) is 42.8 Å². The standard InChI is InChI=1S/C38H48N6O2S2.CH2O.Tc/c1-41(27-30-11-4-2-5-12-30)38(46)37-33(36(31-13-6-3-7-14-31)32-15-8-9-16-34(32)40-37)28-44-22-20-42(21-23-44)18-10-19-43(24-26-48)29-35(45)39-17-25-47;1-2;/h2-9,11-16,47-48H,10,17-29H2,1H3,(H,39,45);1H2;/q;;+4/i;;1+1.